The minimum Gasteiger partial charge on any atom is -0.489 e. The molecule has 0 unspecified atom stereocenters. The van der Waals surface area contributed by atoms with E-state index in [0.717, 1.165) is 11.6 Å². The molecule has 0 atom stereocenters. The molecule has 2 nitrogen and oxygen atoms in total. The van der Waals surface area contributed by atoms with Gasteiger partial charge in [0.15, 0.2) is 0 Å². The Bertz CT molecular complexity index is 819. The molecule has 2 aromatic carbocycles. The van der Waals surface area contributed by atoms with Gasteiger partial charge in [-0.15, -0.1) is 0 Å². The van der Waals surface area contributed by atoms with Crippen LogP contribution in [0.1, 0.15) is 5.56 Å². The van der Waals surface area contributed by atoms with E-state index in [9.17, 15) is 8.78 Å². The summed E-state index contributed by atoms with van der Waals surface area (Å²) in [6.07, 6.45) is 3.20. The van der Waals surface area contributed by atoms with Crippen LogP contribution in [0.4, 0.5) is 8.78 Å². The lowest BCUT2D eigenvalue weighted by Crippen LogP contribution is -1.97. The van der Waals surface area contributed by atoms with Gasteiger partial charge in [-0.25, -0.2) is 8.78 Å². The van der Waals surface area contributed by atoms with Crippen molar-refractivity contribution in [3.8, 4) is 16.9 Å². The molecule has 0 spiro atoms. The highest BCUT2D eigenvalue weighted by Gasteiger charge is 2.05. The van der Waals surface area contributed by atoms with E-state index in [0.29, 0.717) is 21.9 Å². The number of ether oxygens (including phenoxy) is 1. The molecule has 3 aromatic rings. The van der Waals surface area contributed by atoms with E-state index in [4.69, 9.17) is 16.3 Å². The molecular weight excluding hydrogens is 320 g/mol. The van der Waals surface area contributed by atoms with Crippen molar-refractivity contribution in [2.45, 2.75) is 6.61 Å². The van der Waals surface area contributed by atoms with Crippen LogP contribution < -0.4 is 4.74 Å². The van der Waals surface area contributed by atoms with Crippen molar-refractivity contribution in [3.63, 3.8) is 0 Å². The first-order chi connectivity index (χ1) is 11.1. The third-order valence-electron chi connectivity index (χ3n) is 3.19. The van der Waals surface area contributed by atoms with Gasteiger partial charge in [0.25, 0.3) is 0 Å². The summed E-state index contributed by atoms with van der Waals surface area (Å²) in [5, 5.41) is 0.588. The van der Waals surface area contributed by atoms with E-state index in [1.165, 1.54) is 12.1 Å². The van der Waals surface area contributed by atoms with Gasteiger partial charge in [0.1, 0.15) is 24.0 Å². The van der Waals surface area contributed by atoms with Crippen LogP contribution in [0, 0.1) is 11.6 Å². The van der Waals surface area contributed by atoms with Crippen LogP contribution in [0.25, 0.3) is 11.1 Å². The topological polar surface area (TPSA) is 22.1 Å². The molecule has 0 radical (unpaired) electrons. The Morgan fingerprint density at radius 3 is 2.43 bits per heavy atom. The standard InChI is InChI=1S/C18H12ClF2NO/c19-15-2-1-3-18(7-15)23-11-12-4-14(10-22-9-12)13-5-16(20)8-17(21)6-13/h1-10H,11H2. The van der Waals surface area contributed by atoms with Gasteiger partial charge in [-0.05, 0) is 42.0 Å². The van der Waals surface area contributed by atoms with E-state index in [1.54, 1.807) is 42.7 Å². The summed E-state index contributed by atoms with van der Waals surface area (Å²) in [7, 11) is 0. The predicted octanol–water partition coefficient (Wildman–Crippen LogP) is 5.26. The lowest BCUT2D eigenvalue weighted by molar-refractivity contribution is 0.306. The number of halogens is 3. The lowest BCUT2D eigenvalue weighted by atomic mass is 10.1. The number of benzene rings is 2. The van der Waals surface area contributed by atoms with Gasteiger partial charge in [0, 0.05) is 34.6 Å². The highest BCUT2D eigenvalue weighted by atomic mass is 35.5. The van der Waals surface area contributed by atoms with Crippen LogP contribution in [-0.2, 0) is 6.61 Å². The first kappa shape index (κ1) is 15.4. The molecule has 0 amide bonds. The van der Waals surface area contributed by atoms with Crippen LogP contribution in [0.15, 0.2) is 60.9 Å². The minimum absolute atomic E-state index is 0.277. The maximum absolute atomic E-state index is 13.3. The summed E-state index contributed by atoms with van der Waals surface area (Å²) in [6.45, 7) is 0.277. The predicted molar refractivity (Wildman–Crippen MR) is 85.4 cm³/mol. The van der Waals surface area contributed by atoms with Crippen LogP contribution >= 0.6 is 11.6 Å². The first-order valence-electron chi connectivity index (χ1n) is 6.89. The first-order valence-corrected chi connectivity index (χ1v) is 7.27. The third kappa shape index (κ3) is 4.05. The second-order valence-corrected chi connectivity index (χ2v) is 5.42. The summed E-state index contributed by atoms with van der Waals surface area (Å²) in [5.74, 6) is -0.610. The molecule has 116 valence electrons. The number of rotatable bonds is 4. The molecule has 1 aromatic heterocycles. The lowest BCUT2D eigenvalue weighted by Gasteiger charge is -2.08. The zero-order valence-corrected chi connectivity index (χ0v) is 12.7. The van der Waals surface area contributed by atoms with Crippen molar-refractivity contribution in [1.82, 2.24) is 4.98 Å². The van der Waals surface area contributed by atoms with Gasteiger partial charge in [-0.2, -0.15) is 0 Å². The molecule has 0 bridgehead atoms. The molecule has 5 heteroatoms. The van der Waals surface area contributed by atoms with Crippen molar-refractivity contribution in [2.75, 3.05) is 0 Å². The summed E-state index contributed by atoms with van der Waals surface area (Å²) in [5.41, 5.74) is 1.84. The number of pyridine rings is 1. The van der Waals surface area contributed by atoms with E-state index in [1.807, 2.05) is 0 Å². The van der Waals surface area contributed by atoms with Crippen molar-refractivity contribution in [2.24, 2.45) is 0 Å². The average Bonchev–Trinajstić information content (AvgIpc) is 2.52. The number of aromatic nitrogens is 1. The number of hydrogen-bond donors (Lipinski definition) is 0. The molecule has 3 rings (SSSR count). The Labute approximate surface area is 137 Å². The Kier molecular flexibility index (Phi) is 4.53. The Morgan fingerprint density at radius 1 is 0.913 bits per heavy atom. The van der Waals surface area contributed by atoms with Gasteiger partial charge in [0.2, 0.25) is 0 Å². The Hall–Kier alpha value is -2.46. The zero-order valence-electron chi connectivity index (χ0n) is 12.0. The fourth-order valence-corrected chi connectivity index (χ4v) is 2.35. The van der Waals surface area contributed by atoms with Crippen molar-refractivity contribution in [3.05, 3.63) is 83.1 Å². The molecule has 0 aliphatic heterocycles. The Morgan fingerprint density at radius 2 is 1.70 bits per heavy atom. The van der Waals surface area contributed by atoms with Crippen molar-refractivity contribution in [1.29, 1.82) is 0 Å². The van der Waals surface area contributed by atoms with Crippen molar-refractivity contribution < 1.29 is 13.5 Å². The van der Waals surface area contributed by atoms with Gasteiger partial charge < -0.3 is 4.74 Å². The Balaban J connectivity index is 1.79. The molecule has 0 N–H and O–H groups in total. The maximum atomic E-state index is 13.3. The quantitative estimate of drug-likeness (QED) is 0.650. The van der Waals surface area contributed by atoms with E-state index >= 15 is 0 Å². The van der Waals surface area contributed by atoms with E-state index < -0.39 is 11.6 Å². The minimum atomic E-state index is -0.624. The van der Waals surface area contributed by atoms with Gasteiger partial charge in [-0.1, -0.05) is 17.7 Å². The highest BCUT2D eigenvalue weighted by Crippen LogP contribution is 2.23. The van der Waals surface area contributed by atoms with Crippen molar-refractivity contribution >= 4 is 11.6 Å². The SMILES string of the molecule is Fc1cc(F)cc(-c2cncc(COc3cccc(Cl)c3)c2)c1. The van der Waals surface area contributed by atoms with E-state index in [-0.39, 0.29) is 6.61 Å². The largest absolute Gasteiger partial charge is 0.489 e. The summed E-state index contributed by atoms with van der Waals surface area (Å²) < 4.78 is 32.3. The normalized spacial score (nSPS) is 10.6. The molecule has 0 aliphatic carbocycles. The van der Waals surface area contributed by atoms with Gasteiger partial charge in [-0.3, -0.25) is 4.98 Å². The second kappa shape index (κ2) is 6.75. The van der Waals surface area contributed by atoms with Crippen LogP contribution in [0.3, 0.4) is 0 Å². The maximum Gasteiger partial charge on any atom is 0.126 e. The molecule has 0 fully saturated rings. The molecular formula is C18H12ClF2NO. The van der Waals surface area contributed by atoms with Crippen LogP contribution in [0.2, 0.25) is 5.02 Å². The number of hydrogen-bond acceptors (Lipinski definition) is 2. The number of nitrogens with zero attached hydrogens (tertiary/aromatic N) is 1. The molecule has 0 saturated carbocycles. The third-order valence-corrected chi connectivity index (χ3v) is 3.43. The molecule has 1 heterocycles. The smallest absolute Gasteiger partial charge is 0.126 e. The second-order valence-electron chi connectivity index (χ2n) is 4.99. The monoisotopic (exact) mass is 331 g/mol. The molecule has 0 aliphatic rings. The molecule has 23 heavy (non-hydrogen) atoms. The van der Waals surface area contributed by atoms with E-state index in [2.05, 4.69) is 4.98 Å². The zero-order chi connectivity index (χ0) is 16.2. The highest BCUT2D eigenvalue weighted by molar-refractivity contribution is 6.30. The summed E-state index contributed by atoms with van der Waals surface area (Å²) in [4.78, 5) is 4.10. The fraction of sp³-hybridized carbons (Fsp3) is 0.0556. The summed E-state index contributed by atoms with van der Waals surface area (Å²) >= 11 is 5.90. The summed E-state index contributed by atoms with van der Waals surface area (Å²) in [6, 6.07) is 12.2. The fourth-order valence-electron chi connectivity index (χ4n) is 2.17. The molecule has 0 saturated heterocycles. The average molecular weight is 332 g/mol. The van der Waals surface area contributed by atoms with Gasteiger partial charge >= 0.3 is 0 Å². The van der Waals surface area contributed by atoms with Gasteiger partial charge in [0.05, 0.1) is 0 Å². The van der Waals surface area contributed by atoms with Crippen LogP contribution in [-0.4, -0.2) is 4.98 Å². The van der Waals surface area contributed by atoms with Crippen LogP contribution in [0.5, 0.6) is 5.75 Å².